The normalized spacial score (nSPS) is 13.4. The first-order chi connectivity index (χ1) is 14.3. The summed E-state index contributed by atoms with van der Waals surface area (Å²) < 4.78 is 40.7. The number of ether oxygens (including phenoxy) is 1. The average Bonchev–Trinajstić information content (AvgIpc) is 3.21. The van der Waals surface area contributed by atoms with E-state index in [0.717, 1.165) is 41.8 Å². The third-order valence-corrected chi connectivity index (χ3v) is 6.58. The second kappa shape index (κ2) is 8.31. The Kier molecular flexibility index (Phi) is 5.74. The van der Waals surface area contributed by atoms with E-state index < -0.39 is 12.1 Å². The Morgan fingerprint density at radius 2 is 2.17 bits per heavy atom. The fourth-order valence-electron chi connectivity index (χ4n) is 3.32. The number of halogens is 3. The number of nitrogens with zero attached hydrogens (tertiary/aromatic N) is 1. The molecule has 1 aromatic carbocycles. The van der Waals surface area contributed by atoms with Crippen molar-refractivity contribution in [2.24, 2.45) is 0 Å². The molecule has 0 saturated carbocycles. The number of alkyl halides is 3. The average molecular weight is 455 g/mol. The van der Waals surface area contributed by atoms with Crippen LogP contribution in [-0.2, 0) is 23.4 Å². The Hall–Kier alpha value is -2.53. The molecule has 2 N–H and O–H groups in total. The zero-order valence-corrected chi connectivity index (χ0v) is 17.1. The van der Waals surface area contributed by atoms with Gasteiger partial charge in [0.1, 0.15) is 16.4 Å². The number of carbonyl (C=O) groups is 1. The molecule has 6 nitrogen and oxygen atoms in total. The van der Waals surface area contributed by atoms with Crippen LogP contribution in [0.2, 0.25) is 0 Å². The number of thiophene rings is 1. The van der Waals surface area contributed by atoms with Crippen molar-refractivity contribution < 1.29 is 22.7 Å². The highest BCUT2D eigenvalue weighted by molar-refractivity contribution is 7.99. The summed E-state index contributed by atoms with van der Waals surface area (Å²) in [6, 6.07) is 5.07. The van der Waals surface area contributed by atoms with E-state index in [1.165, 1.54) is 28.8 Å². The standard InChI is InChI=1S/C19H16F3N3O3S2/c20-19(21,22)28-11-4-1-3-10(7-11)23-15(26)9-29-8-14-24-17(27)16-12-5-2-6-13(12)30-18(16)25-14/h1,3-4,7H,2,5-6,8-9H2,(H,23,26)(H,24,25,27). The van der Waals surface area contributed by atoms with Crippen LogP contribution in [0.5, 0.6) is 5.75 Å². The number of aryl methyl sites for hydroxylation is 2. The summed E-state index contributed by atoms with van der Waals surface area (Å²) in [7, 11) is 0. The summed E-state index contributed by atoms with van der Waals surface area (Å²) in [5, 5.41) is 3.20. The molecule has 0 saturated heterocycles. The van der Waals surface area contributed by atoms with Crippen LogP contribution in [-0.4, -0.2) is 28.0 Å². The molecule has 3 aromatic rings. The van der Waals surface area contributed by atoms with Crippen molar-refractivity contribution >= 4 is 44.9 Å². The molecular formula is C19H16F3N3O3S2. The van der Waals surface area contributed by atoms with Gasteiger partial charge >= 0.3 is 6.36 Å². The van der Waals surface area contributed by atoms with Crippen molar-refractivity contribution in [3.8, 4) is 5.75 Å². The summed E-state index contributed by atoms with van der Waals surface area (Å²) >= 11 is 2.79. The lowest BCUT2D eigenvalue weighted by molar-refractivity contribution is -0.274. The van der Waals surface area contributed by atoms with Gasteiger partial charge in [-0.05, 0) is 37.0 Å². The van der Waals surface area contributed by atoms with Crippen molar-refractivity contribution in [3.63, 3.8) is 0 Å². The lowest BCUT2D eigenvalue weighted by Crippen LogP contribution is -2.18. The first-order valence-electron chi connectivity index (χ1n) is 9.05. The molecule has 4 rings (SSSR count). The number of benzene rings is 1. The zero-order valence-electron chi connectivity index (χ0n) is 15.5. The quantitative estimate of drug-likeness (QED) is 0.581. The fraction of sp³-hybridized carbons (Fsp3) is 0.316. The first kappa shape index (κ1) is 20.7. The molecule has 0 fully saturated rings. The van der Waals surface area contributed by atoms with Gasteiger partial charge < -0.3 is 15.0 Å². The molecule has 0 radical (unpaired) electrons. The smallest absolute Gasteiger partial charge is 0.406 e. The number of aromatic nitrogens is 2. The summed E-state index contributed by atoms with van der Waals surface area (Å²) in [5.74, 6) is 0.0742. The minimum atomic E-state index is -4.80. The summed E-state index contributed by atoms with van der Waals surface area (Å²) in [6.07, 6.45) is -1.85. The van der Waals surface area contributed by atoms with Gasteiger partial charge in [-0.25, -0.2) is 4.98 Å². The topological polar surface area (TPSA) is 84.1 Å². The van der Waals surface area contributed by atoms with Crippen molar-refractivity contribution in [2.45, 2.75) is 31.4 Å². The third-order valence-electron chi connectivity index (χ3n) is 4.45. The number of amides is 1. The predicted octanol–water partition coefficient (Wildman–Crippen LogP) is 4.24. The largest absolute Gasteiger partial charge is 0.573 e. The monoisotopic (exact) mass is 455 g/mol. The van der Waals surface area contributed by atoms with Gasteiger partial charge in [0.2, 0.25) is 5.91 Å². The first-order valence-corrected chi connectivity index (χ1v) is 11.0. The molecule has 0 unspecified atom stereocenters. The van der Waals surface area contributed by atoms with E-state index in [9.17, 15) is 22.8 Å². The zero-order chi connectivity index (χ0) is 21.3. The lowest BCUT2D eigenvalue weighted by Gasteiger charge is -2.10. The van der Waals surface area contributed by atoms with Crippen LogP contribution < -0.4 is 15.6 Å². The molecule has 0 aliphatic heterocycles. The van der Waals surface area contributed by atoms with Crippen LogP contribution in [0.25, 0.3) is 10.2 Å². The van der Waals surface area contributed by atoms with Gasteiger partial charge in [-0.1, -0.05) is 6.07 Å². The summed E-state index contributed by atoms with van der Waals surface area (Å²) in [6.45, 7) is 0. The number of carbonyl (C=O) groups excluding carboxylic acids is 1. The maximum Gasteiger partial charge on any atom is 0.573 e. The molecule has 1 amide bonds. The highest BCUT2D eigenvalue weighted by Crippen LogP contribution is 2.34. The van der Waals surface area contributed by atoms with Gasteiger partial charge in [-0.3, -0.25) is 9.59 Å². The van der Waals surface area contributed by atoms with Crippen LogP contribution in [0.3, 0.4) is 0 Å². The van der Waals surface area contributed by atoms with Gasteiger partial charge in [0.15, 0.2) is 0 Å². The van der Waals surface area contributed by atoms with Gasteiger partial charge in [-0.15, -0.1) is 36.3 Å². The number of fused-ring (bicyclic) bond motifs is 3. The Morgan fingerprint density at radius 1 is 1.33 bits per heavy atom. The van der Waals surface area contributed by atoms with Crippen LogP contribution in [0.15, 0.2) is 29.1 Å². The van der Waals surface area contributed by atoms with Crippen molar-refractivity contribution in [3.05, 3.63) is 50.9 Å². The molecule has 158 valence electrons. The molecule has 30 heavy (non-hydrogen) atoms. The Bertz CT molecular complexity index is 1160. The van der Waals surface area contributed by atoms with Gasteiger partial charge in [0.05, 0.1) is 16.9 Å². The molecule has 0 spiro atoms. The third kappa shape index (κ3) is 4.78. The maximum atomic E-state index is 12.4. The van der Waals surface area contributed by atoms with Crippen molar-refractivity contribution in [1.29, 1.82) is 0 Å². The van der Waals surface area contributed by atoms with Crippen molar-refractivity contribution in [1.82, 2.24) is 9.97 Å². The Balaban J connectivity index is 1.34. The minimum Gasteiger partial charge on any atom is -0.406 e. The van der Waals surface area contributed by atoms with Gasteiger partial charge in [0, 0.05) is 16.6 Å². The maximum absolute atomic E-state index is 12.4. The van der Waals surface area contributed by atoms with Crippen LogP contribution >= 0.6 is 23.1 Å². The number of aromatic amines is 1. The minimum absolute atomic E-state index is 0.0487. The molecule has 2 aromatic heterocycles. The van der Waals surface area contributed by atoms with E-state index in [0.29, 0.717) is 17.0 Å². The summed E-state index contributed by atoms with van der Waals surface area (Å²) in [5.41, 5.74) is 1.16. The highest BCUT2D eigenvalue weighted by atomic mass is 32.2. The number of rotatable bonds is 6. The molecular weight excluding hydrogens is 439 g/mol. The predicted molar refractivity (Wildman–Crippen MR) is 110 cm³/mol. The number of H-pyrrole nitrogens is 1. The molecule has 11 heteroatoms. The molecule has 1 aliphatic carbocycles. The highest BCUT2D eigenvalue weighted by Gasteiger charge is 2.31. The Labute approximate surface area is 176 Å². The van der Waals surface area contributed by atoms with Gasteiger partial charge in [-0.2, -0.15) is 0 Å². The SMILES string of the molecule is O=C(CSCc1nc2sc3c(c2c(=O)[nH]1)CCC3)Nc1cccc(OC(F)(F)F)c1. The van der Waals surface area contributed by atoms with Crippen LogP contribution in [0.4, 0.5) is 18.9 Å². The molecule has 2 heterocycles. The number of hydrogen-bond acceptors (Lipinski definition) is 6. The van der Waals surface area contributed by atoms with Crippen LogP contribution in [0.1, 0.15) is 22.7 Å². The lowest BCUT2D eigenvalue weighted by atomic mass is 10.2. The van der Waals surface area contributed by atoms with E-state index >= 15 is 0 Å². The summed E-state index contributed by atoms with van der Waals surface area (Å²) in [4.78, 5) is 33.8. The number of hydrogen-bond donors (Lipinski definition) is 2. The number of thioether (sulfide) groups is 1. The fourth-order valence-corrected chi connectivity index (χ4v) is 5.29. The molecule has 0 atom stereocenters. The molecule has 1 aliphatic rings. The molecule has 0 bridgehead atoms. The van der Waals surface area contributed by atoms with E-state index in [2.05, 4.69) is 20.0 Å². The van der Waals surface area contributed by atoms with Crippen LogP contribution in [0, 0.1) is 0 Å². The van der Waals surface area contributed by atoms with Gasteiger partial charge in [0.25, 0.3) is 5.56 Å². The van der Waals surface area contributed by atoms with Crippen molar-refractivity contribution in [2.75, 3.05) is 11.1 Å². The number of nitrogens with one attached hydrogen (secondary N) is 2. The number of anilines is 1. The van der Waals surface area contributed by atoms with E-state index in [4.69, 9.17) is 0 Å². The van der Waals surface area contributed by atoms with E-state index in [-0.39, 0.29) is 22.9 Å². The Morgan fingerprint density at radius 3 is 2.97 bits per heavy atom. The second-order valence-electron chi connectivity index (χ2n) is 6.67. The van der Waals surface area contributed by atoms with E-state index in [1.807, 2.05) is 0 Å². The van der Waals surface area contributed by atoms with E-state index in [1.54, 1.807) is 11.3 Å². The second-order valence-corrected chi connectivity index (χ2v) is 8.74.